The topological polar surface area (TPSA) is 84.7 Å². The Balaban J connectivity index is 2.33. The zero-order chi connectivity index (χ0) is 14.4. The van der Waals surface area contributed by atoms with Crippen molar-refractivity contribution in [1.29, 1.82) is 0 Å². The van der Waals surface area contributed by atoms with Gasteiger partial charge in [-0.05, 0) is 30.6 Å². The number of carbonyl (C=O) groups is 1. The SMILES string of the molecule is CC(C)C(C)C1CCN(C(=O)CCN=C(N)N)CC1. The first-order valence-electron chi connectivity index (χ1n) is 7.25. The molecule has 1 aliphatic heterocycles. The largest absolute Gasteiger partial charge is 0.370 e. The first kappa shape index (κ1) is 15.8. The molecule has 0 aromatic heterocycles. The molecule has 4 N–H and O–H groups in total. The number of nitrogens with zero attached hydrogens (tertiary/aromatic N) is 2. The average Bonchev–Trinajstić information content (AvgIpc) is 2.37. The van der Waals surface area contributed by atoms with Gasteiger partial charge in [-0.25, -0.2) is 0 Å². The Morgan fingerprint density at radius 3 is 2.32 bits per heavy atom. The van der Waals surface area contributed by atoms with Crippen molar-refractivity contribution in [1.82, 2.24) is 4.90 Å². The Labute approximate surface area is 116 Å². The Hall–Kier alpha value is -1.26. The van der Waals surface area contributed by atoms with Crippen molar-refractivity contribution in [3.63, 3.8) is 0 Å². The molecule has 1 aliphatic rings. The number of nitrogens with two attached hydrogens (primary N) is 2. The number of likely N-dealkylation sites (tertiary alicyclic amines) is 1. The highest BCUT2D eigenvalue weighted by Gasteiger charge is 2.27. The molecule has 110 valence electrons. The van der Waals surface area contributed by atoms with Gasteiger partial charge in [0, 0.05) is 19.5 Å². The highest BCUT2D eigenvalue weighted by Crippen LogP contribution is 2.29. The van der Waals surface area contributed by atoms with Gasteiger partial charge in [0.15, 0.2) is 5.96 Å². The van der Waals surface area contributed by atoms with E-state index in [1.54, 1.807) is 0 Å². The molecule has 1 fully saturated rings. The third-order valence-corrected chi connectivity index (χ3v) is 4.31. The van der Waals surface area contributed by atoms with E-state index >= 15 is 0 Å². The lowest BCUT2D eigenvalue weighted by molar-refractivity contribution is -0.132. The minimum atomic E-state index is 0.0530. The van der Waals surface area contributed by atoms with Crippen molar-refractivity contribution in [3.05, 3.63) is 0 Å². The van der Waals surface area contributed by atoms with E-state index in [9.17, 15) is 4.79 Å². The number of guanidine groups is 1. The molecule has 1 unspecified atom stereocenters. The minimum Gasteiger partial charge on any atom is -0.370 e. The molecule has 0 radical (unpaired) electrons. The number of aliphatic imine (C=N–C) groups is 1. The molecule has 5 heteroatoms. The van der Waals surface area contributed by atoms with Crippen LogP contribution in [0.1, 0.15) is 40.0 Å². The molecule has 1 amide bonds. The number of carbonyl (C=O) groups excluding carboxylic acids is 1. The highest BCUT2D eigenvalue weighted by molar-refractivity contribution is 5.78. The summed E-state index contributed by atoms with van der Waals surface area (Å²) < 4.78 is 0. The molecule has 0 bridgehead atoms. The summed E-state index contributed by atoms with van der Waals surface area (Å²) in [5, 5.41) is 0. The van der Waals surface area contributed by atoms with E-state index in [0.29, 0.717) is 18.9 Å². The number of piperidine rings is 1. The summed E-state index contributed by atoms with van der Waals surface area (Å²) in [5.74, 6) is 2.42. The van der Waals surface area contributed by atoms with E-state index in [0.717, 1.165) is 37.8 Å². The minimum absolute atomic E-state index is 0.0530. The van der Waals surface area contributed by atoms with Crippen LogP contribution in [-0.2, 0) is 4.79 Å². The predicted molar refractivity (Wildman–Crippen MR) is 78.6 cm³/mol. The van der Waals surface area contributed by atoms with Crippen molar-refractivity contribution in [2.24, 2.45) is 34.2 Å². The molecule has 0 aromatic rings. The summed E-state index contributed by atoms with van der Waals surface area (Å²) in [7, 11) is 0. The van der Waals surface area contributed by atoms with Crippen molar-refractivity contribution in [3.8, 4) is 0 Å². The van der Waals surface area contributed by atoms with Crippen molar-refractivity contribution < 1.29 is 4.79 Å². The third-order valence-electron chi connectivity index (χ3n) is 4.31. The third kappa shape index (κ3) is 5.09. The summed E-state index contributed by atoms with van der Waals surface area (Å²) in [6, 6.07) is 0. The Kier molecular flexibility index (Phi) is 6.12. The van der Waals surface area contributed by atoms with Crippen LogP contribution in [0.3, 0.4) is 0 Å². The van der Waals surface area contributed by atoms with Crippen molar-refractivity contribution in [2.75, 3.05) is 19.6 Å². The maximum atomic E-state index is 12.0. The second-order valence-electron chi connectivity index (χ2n) is 5.88. The summed E-state index contributed by atoms with van der Waals surface area (Å²) in [4.78, 5) is 17.8. The molecular weight excluding hydrogens is 240 g/mol. The summed E-state index contributed by atoms with van der Waals surface area (Å²) in [6.45, 7) is 9.02. The summed E-state index contributed by atoms with van der Waals surface area (Å²) in [5.41, 5.74) is 10.5. The van der Waals surface area contributed by atoms with Crippen LogP contribution < -0.4 is 11.5 Å². The van der Waals surface area contributed by atoms with Crippen LogP contribution in [0.4, 0.5) is 0 Å². The van der Waals surface area contributed by atoms with Gasteiger partial charge in [-0.1, -0.05) is 20.8 Å². The second-order valence-corrected chi connectivity index (χ2v) is 5.88. The van der Waals surface area contributed by atoms with Gasteiger partial charge < -0.3 is 16.4 Å². The molecule has 1 heterocycles. The molecule has 1 atom stereocenters. The zero-order valence-electron chi connectivity index (χ0n) is 12.4. The quantitative estimate of drug-likeness (QED) is 0.580. The molecule has 5 nitrogen and oxygen atoms in total. The van der Waals surface area contributed by atoms with Crippen LogP contribution in [0, 0.1) is 17.8 Å². The van der Waals surface area contributed by atoms with Gasteiger partial charge in [0.2, 0.25) is 5.91 Å². The number of hydrogen-bond donors (Lipinski definition) is 2. The molecule has 0 aliphatic carbocycles. The van der Waals surface area contributed by atoms with Crippen LogP contribution in [0.5, 0.6) is 0 Å². The number of rotatable bonds is 5. The first-order valence-corrected chi connectivity index (χ1v) is 7.25. The van der Waals surface area contributed by atoms with Crippen molar-refractivity contribution in [2.45, 2.75) is 40.0 Å². The van der Waals surface area contributed by atoms with Gasteiger partial charge in [0.1, 0.15) is 0 Å². The normalized spacial score (nSPS) is 18.4. The zero-order valence-corrected chi connectivity index (χ0v) is 12.4. The van der Waals surface area contributed by atoms with E-state index in [1.807, 2.05) is 4.90 Å². The Bertz CT molecular complexity index is 315. The first-order chi connectivity index (χ1) is 8.91. The van der Waals surface area contributed by atoms with Gasteiger partial charge in [-0.15, -0.1) is 0 Å². The van der Waals surface area contributed by atoms with Gasteiger partial charge in [-0.2, -0.15) is 0 Å². The van der Waals surface area contributed by atoms with E-state index < -0.39 is 0 Å². The van der Waals surface area contributed by atoms with E-state index in [4.69, 9.17) is 11.5 Å². The smallest absolute Gasteiger partial charge is 0.224 e. The Morgan fingerprint density at radius 2 is 1.84 bits per heavy atom. The fraction of sp³-hybridized carbons (Fsp3) is 0.857. The van der Waals surface area contributed by atoms with Crippen LogP contribution in [-0.4, -0.2) is 36.4 Å². The molecule has 0 saturated carbocycles. The summed E-state index contributed by atoms with van der Waals surface area (Å²) >= 11 is 0. The predicted octanol–water partition coefficient (Wildman–Crippen LogP) is 1.18. The van der Waals surface area contributed by atoms with Gasteiger partial charge in [-0.3, -0.25) is 9.79 Å². The molecule has 19 heavy (non-hydrogen) atoms. The monoisotopic (exact) mass is 268 g/mol. The maximum absolute atomic E-state index is 12.0. The lowest BCUT2D eigenvalue weighted by Crippen LogP contribution is -2.40. The van der Waals surface area contributed by atoms with Gasteiger partial charge in [0.25, 0.3) is 0 Å². The average molecular weight is 268 g/mol. The molecular formula is C14H28N4O. The van der Waals surface area contributed by atoms with Crippen LogP contribution in [0.25, 0.3) is 0 Å². The van der Waals surface area contributed by atoms with Crippen molar-refractivity contribution >= 4 is 11.9 Å². The standard InChI is InChI=1S/C14H28N4O/c1-10(2)11(3)12-5-8-18(9-6-12)13(19)4-7-17-14(15)16/h10-12H,4-9H2,1-3H3,(H4,15,16,17). The molecule has 1 rings (SSSR count). The highest BCUT2D eigenvalue weighted by atomic mass is 16.2. The molecule has 0 spiro atoms. The fourth-order valence-electron chi connectivity index (χ4n) is 2.66. The number of hydrogen-bond acceptors (Lipinski definition) is 2. The van der Waals surface area contributed by atoms with E-state index in [2.05, 4.69) is 25.8 Å². The van der Waals surface area contributed by atoms with E-state index in [-0.39, 0.29) is 11.9 Å². The summed E-state index contributed by atoms with van der Waals surface area (Å²) in [6.07, 6.45) is 2.64. The maximum Gasteiger partial charge on any atom is 0.224 e. The van der Waals surface area contributed by atoms with E-state index in [1.165, 1.54) is 0 Å². The lowest BCUT2D eigenvalue weighted by atomic mass is 9.79. The lowest BCUT2D eigenvalue weighted by Gasteiger charge is -2.36. The Morgan fingerprint density at radius 1 is 1.26 bits per heavy atom. The second kappa shape index (κ2) is 7.36. The van der Waals surface area contributed by atoms with Crippen LogP contribution >= 0.6 is 0 Å². The number of amides is 1. The molecule has 1 saturated heterocycles. The van der Waals surface area contributed by atoms with Crippen LogP contribution in [0.15, 0.2) is 4.99 Å². The fourth-order valence-corrected chi connectivity index (χ4v) is 2.66. The van der Waals surface area contributed by atoms with Gasteiger partial charge in [0.05, 0.1) is 6.54 Å². The van der Waals surface area contributed by atoms with Gasteiger partial charge >= 0.3 is 0 Å². The molecule has 0 aromatic carbocycles. The van der Waals surface area contributed by atoms with Crippen LogP contribution in [0.2, 0.25) is 0 Å².